The minimum atomic E-state index is -0.157. The molecule has 0 saturated heterocycles. The number of thiazole rings is 1. The van der Waals surface area contributed by atoms with Gasteiger partial charge in [0.1, 0.15) is 11.5 Å². The van der Waals surface area contributed by atoms with Crippen molar-refractivity contribution in [2.45, 2.75) is 12.8 Å². The first-order valence-electron chi connectivity index (χ1n) is 7.12. The third-order valence-corrected chi connectivity index (χ3v) is 4.14. The number of aromatic nitrogens is 3. The molecule has 0 fully saturated rings. The highest BCUT2D eigenvalue weighted by molar-refractivity contribution is 7.09. The van der Waals surface area contributed by atoms with Gasteiger partial charge in [-0.05, 0) is 18.7 Å². The molecular weight excluding hydrogens is 298 g/mol. The van der Waals surface area contributed by atoms with Gasteiger partial charge in [-0.25, -0.2) is 9.97 Å². The van der Waals surface area contributed by atoms with Crippen LogP contribution in [-0.2, 0) is 12.8 Å². The molecule has 1 amide bonds. The second-order valence-corrected chi connectivity index (χ2v) is 5.81. The molecule has 3 aromatic rings. The predicted octanol–water partition coefficient (Wildman–Crippen LogP) is 1.49. The molecule has 3 rings (SSSR count). The Morgan fingerprint density at radius 2 is 2.14 bits per heavy atom. The van der Waals surface area contributed by atoms with Crippen LogP contribution in [0, 0.1) is 0 Å². The van der Waals surface area contributed by atoms with Crippen LogP contribution in [0.15, 0.2) is 29.6 Å². The first kappa shape index (κ1) is 14.7. The smallest absolute Gasteiger partial charge is 0.270 e. The summed E-state index contributed by atoms with van der Waals surface area (Å²) in [7, 11) is 0. The lowest BCUT2D eigenvalue weighted by atomic mass is 10.3. The van der Waals surface area contributed by atoms with Crippen molar-refractivity contribution in [3.05, 3.63) is 46.2 Å². The number of hydrogen-bond acceptors (Lipinski definition) is 5. The summed E-state index contributed by atoms with van der Waals surface area (Å²) >= 11 is 1.46. The van der Waals surface area contributed by atoms with Crippen LogP contribution in [0.4, 0.5) is 0 Å². The minimum absolute atomic E-state index is 0.157. The number of carbonyl (C=O) groups is 1. The van der Waals surface area contributed by atoms with Crippen LogP contribution < -0.4 is 11.1 Å². The van der Waals surface area contributed by atoms with Crippen molar-refractivity contribution in [2.75, 3.05) is 13.1 Å². The molecule has 0 aliphatic heterocycles. The fourth-order valence-electron chi connectivity index (χ4n) is 2.16. The molecule has 0 radical (unpaired) electrons. The number of nitrogens with one attached hydrogen (secondary N) is 2. The zero-order chi connectivity index (χ0) is 15.4. The monoisotopic (exact) mass is 315 g/mol. The number of rotatable bonds is 6. The van der Waals surface area contributed by atoms with Crippen molar-refractivity contribution in [3.8, 4) is 0 Å². The maximum atomic E-state index is 12.0. The summed E-state index contributed by atoms with van der Waals surface area (Å²) in [5.41, 5.74) is 7.88. The molecule has 0 atom stereocenters. The summed E-state index contributed by atoms with van der Waals surface area (Å²) in [6, 6.07) is 7.87. The van der Waals surface area contributed by atoms with E-state index in [2.05, 4.69) is 20.3 Å². The number of imidazole rings is 1. The molecule has 114 valence electrons. The SMILES string of the molecule is NCCc1nc(C(=O)NCCc2nc3ccccc3[nH]2)cs1. The molecule has 0 spiro atoms. The summed E-state index contributed by atoms with van der Waals surface area (Å²) in [4.78, 5) is 24.0. The average Bonchev–Trinajstić information content (AvgIpc) is 3.13. The Morgan fingerprint density at radius 1 is 1.27 bits per heavy atom. The first-order valence-corrected chi connectivity index (χ1v) is 8.00. The average molecular weight is 315 g/mol. The van der Waals surface area contributed by atoms with Crippen molar-refractivity contribution in [1.82, 2.24) is 20.3 Å². The first-order chi connectivity index (χ1) is 10.8. The van der Waals surface area contributed by atoms with Gasteiger partial charge in [0, 0.05) is 24.8 Å². The Morgan fingerprint density at radius 3 is 2.95 bits per heavy atom. The van der Waals surface area contributed by atoms with E-state index in [4.69, 9.17) is 5.73 Å². The number of hydrogen-bond donors (Lipinski definition) is 3. The van der Waals surface area contributed by atoms with Crippen molar-refractivity contribution < 1.29 is 4.79 Å². The van der Waals surface area contributed by atoms with Gasteiger partial charge in [0.05, 0.1) is 16.0 Å². The number of amides is 1. The molecular formula is C15H17N5OS. The van der Waals surface area contributed by atoms with Gasteiger partial charge in [0.2, 0.25) is 0 Å². The fourth-order valence-corrected chi connectivity index (χ4v) is 2.96. The molecule has 0 saturated carbocycles. The molecule has 0 unspecified atom stereocenters. The highest BCUT2D eigenvalue weighted by Crippen LogP contribution is 2.11. The summed E-state index contributed by atoms with van der Waals surface area (Å²) < 4.78 is 0. The highest BCUT2D eigenvalue weighted by Gasteiger charge is 2.10. The Labute approximate surface area is 131 Å². The normalized spacial score (nSPS) is 11.0. The molecule has 7 heteroatoms. The third-order valence-electron chi connectivity index (χ3n) is 3.23. The van der Waals surface area contributed by atoms with Crippen LogP contribution in [-0.4, -0.2) is 33.9 Å². The number of aromatic amines is 1. The van der Waals surface area contributed by atoms with E-state index in [0.717, 1.165) is 21.9 Å². The summed E-state index contributed by atoms with van der Waals surface area (Å²) in [6.45, 7) is 1.06. The van der Waals surface area contributed by atoms with Gasteiger partial charge >= 0.3 is 0 Å². The number of nitrogens with two attached hydrogens (primary N) is 1. The minimum Gasteiger partial charge on any atom is -0.350 e. The van der Waals surface area contributed by atoms with Crippen molar-refractivity contribution in [2.24, 2.45) is 5.73 Å². The van der Waals surface area contributed by atoms with Gasteiger partial charge in [-0.3, -0.25) is 4.79 Å². The molecule has 4 N–H and O–H groups in total. The van der Waals surface area contributed by atoms with Crippen LogP contribution in [0.1, 0.15) is 21.3 Å². The van der Waals surface area contributed by atoms with Crippen LogP contribution in [0.2, 0.25) is 0 Å². The van der Waals surface area contributed by atoms with Crippen LogP contribution >= 0.6 is 11.3 Å². The summed E-state index contributed by atoms with van der Waals surface area (Å²) in [5.74, 6) is 0.708. The van der Waals surface area contributed by atoms with Gasteiger partial charge in [0.25, 0.3) is 5.91 Å². The number of para-hydroxylation sites is 2. The van der Waals surface area contributed by atoms with Crippen molar-refractivity contribution in [3.63, 3.8) is 0 Å². The van der Waals surface area contributed by atoms with E-state index in [1.807, 2.05) is 24.3 Å². The topological polar surface area (TPSA) is 96.7 Å². The largest absolute Gasteiger partial charge is 0.350 e. The van der Waals surface area contributed by atoms with Gasteiger partial charge in [-0.15, -0.1) is 11.3 Å². The van der Waals surface area contributed by atoms with Gasteiger partial charge < -0.3 is 16.0 Å². The quantitative estimate of drug-likeness (QED) is 0.642. The third kappa shape index (κ3) is 3.32. The maximum absolute atomic E-state index is 12.0. The number of benzene rings is 1. The standard InChI is InChI=1S/C15H17N5OS/c16-7-5-14-20-12(9-22-14)15(21)17-8-6-13-18-10-3-1-2-4-11(10)19-13/h1-4,9H,5-8,16H2,(H,17,21)(H,18,19). The fraction of sp³-hybridized carbons (Fsp3) is 0.267. The summed E-state index contributed by atoms with van der Waals surface area (Å²) in [6.07, 6.45) is 1.36. The second kappa shape index (κ2) is 6.67. The predicted molar refractivity (Wildman–Crippen MR) is 87.0 cm³/mol. The van der Waals surface area contributed by atoms with Crippen molar-refractivity contribution >= 4 is 28.3 Å². The van der Waals surface area contributed by atoms with Crippen LogP contribution in [0.5, 0.6) is 0 Å². The number of nitrogens with zero attached hydrogens (tertiary/aromatic N) is 2. The zero-order valence-corrected chi connectivity index (χ0v) is 12.8. The van der Waals surface area contributed by atoms with E-state index < -0.39 is 0 Å². The van der Waals surface area contributed by atoms with E-state index in [1.165, 1.54) is 11.3 Å². The Hall–Kier alpha value is -2.25. The highest BCUT2D eigenvalue weighted by atomic mass is 32.1. The lowest BCUT2D eigenvalue weighted by Gasteiger charge is -2.01. The molecule has 0 bridgehead atoms. The van der Waals surface area contributed by atoms with Gasteiger partial charge in [-0.2, -0.15) is 0 Å². The number of fused-ring (bicyclic) bond motifs is 1. The molecule has 1 aromatic carbocycles. The van der Waals surface area contributed by atoms with Crippen LogP contribution in [0.3, 0.4) is 0 Å². The van der Waals surface area contributed by atoms with E-state index in [0.29, 0.717) is 31.6 Å². The van der Waals surface area contributed by atoms with Crippen LogP contribution in [0.25, 0.3) is 11.0 Å². The molecule has 2 heterocycles. The Balaban J connectivity index is 1.54. The Bertz CT molecular complexity index is 746. The lowest BCUT2D eigenvalue weighted by molar-refractivity contribution is 0.0949. The molecule has 2 aromatic heterocycles. The molecule has 0 aliphatic carbocycles. The van der Waals surface area contributed by atoms with E-state index in [9.17, 15) is 4.79 Å². The zero-order valence-electron chi connectivity index (χ0n) is 12.0. The Kier molecular flexibility index (Phi) is 4.45. The lowest BCUT2D eigenvalue weighted by Crippen LogP contribution is -2.26. The van der Waals surface area contributed by atoms with Crippen molar-refractivity contribution in [1.29, 1.82) is 0 Å². The van der Waals surface area contributed by atoms with E-state index in [1.54, 1.807) is 5.38 Å². The second-order valence-electron chi connectivity index (χ2n) is 4.87. The summed E-state index contributed by atoms with van der Waals surface area (Å²) in [5, 5.41) is 5.52. The number of H-pyrrole nitrogens is 1. The van der Waals surface area contributed by atoms with Gasteiger partial charge in [0.15, 0.2) is 0 Å². The molecule has 22 heavy (non-hydrogen) atoms. The maximum Gasteiger partial charge on any atom is 0.270 e. The molecule has 6 nitrogen and oxygen atoms in total. The van der Waals surface area contributed by atoms with E-state index in [-0.39, 0.29) is 5.91 Å². The molecule has 0 aliphatic rings. The van der Waals surface area contributed by atoms with Gasteiger partial charge in [-0.1, -0.05) is 12.1 Å². The number of carbonyl (C=O) groups excluding carboxylic acids is 1. The van der Waals surface area contributed by atoms with E-state index >= 15 is 0 Å².